The number of carbonyl (C=O) groups is 2. The topological polar surface area (TPSA) is 113 Å². The second-order valence-corrected chi connectivity index (χ2v) is 5.53. The van der Waals surface area contributed by atoms with Crippen LogP contribution in [0.1, 0.15) is 15.9 Å². The van der Waals surface area contributed by atoms with Crippen molar-refractivity contribution in [2.75, 3.05) is 6.54 Å². The second kappa shape index (κ2) is 6.71. The Morgan fingerprint density at radius 2 is 1.96 bits per heavy atom. The molecule has 1 amide bonds. The largest absolute Gasteiger partial charge is 0.505 e. The SMILES string of the molecule is O=C(O)CNC(=O)c1c(O)c2cccn2n(Cc2cccc(F)c2)c1=O. The molecule has 134 valence electrons. The Bertz CT molecular complexity index is 1070. The highest BCUT2D eigenvalue weighted by Gasteiger charge is 2.22. The molecule has 0 spiro atoms. The van der Waals surface area contributed by atoms with Crippen LogP contribution in [0.2, 0.25) is 0 Å². The summed E-state index contributed by atoms with van der Waals surface area (Å²) >= 11 is 0. The van der Waals surface area contributed by atoms with Gasteiger partial charge < -0.3 is 15.5 Å². The third kappa shape index (κ3) is 3.14. The van der Waals surface area contributed by atoms with Gasteiger partial charge in [0.25, 0.3) is 11.5 Å². The fourth-order valence-corrected chi connectivity index (χ4v) is 2.63. The van der Waals surface area contributed by atoms with E-state index >= 15 is 0 Å². The molecule has 0 bridgehead atoms. The molecule has 0 aliphatic heterocycles. The van der Waals surface area contributed by atoms with Gasteiger partial charge in [0, 0.05) is 6.20 Å². The number of amides is 1. The van der Waals surface area contributed by atoms with Crippen LogP contribution in [0.4, 0.5) is 4.39 Å². The highest BCUT2D eigenvalue weighted by atomic mass is 19.1. The van der Waals surface area contributed by atoms with E-state index in [9.17, 15) is 23.9 Å². The van der Waals surface area contributed by atoms with Crippen LogP contribution < -0.4 is 10.9 Å². The standard InChI is InChI=1S/C17H14FN3O5/c18-11-4-1-3-10(7-11)9-21-17(26)14(16(25)19-8-13(22)23)15(24)12-5-2-6-20(12)21/h1-7,24H,8-9H2,(H,19,25)(H,22,23). The average molecular weight is 359 g/mol. The third-order valence-corrected chi connectivity index (χ3v) is 3.76. The Labute approximate surface area is 145 Å². The molecule has 0 atom stereocenters. The molecule has 0 fully saturated rings. The number of hydrogen-bond acceptors (Lipinski definition) is 4. The summed E-state index contributed by atoms with van der Waals surface area (Å²) in [6.07, 6.45) is 1.51. The first-order valence-corrected chi connectivity index (χ1v) is 7.56. The maximum Gasteiger partial charge on any atom is 0.322 e. The summed E-state index contributed by atoms with van der Waals surface area (Å²) in [6.45, 7) is -0.755. The van der Waals surface area contributed by atoms with E-state index in [0.29, 0.717) is 5.56 Å². The number of benzene rings is 1. The number of carbonyl (C=O) groups excluding carboxylic acids is 1. The van der Waals surface area contributed by atoms with E-state index in [2.05, 4.69) is 5.32 Å². The minimum Gasteiger partial charge on any atom is -0.505 e. The van der Waals surface area contributed by atoms with Crippen LogP contribution in [-0.2, 0) is 11.3 Å². The van der Waals surface area contributed by atoms with Gasteiger partial charge in [-0.15, -0.1) is 0 Å². The van der Waals surface area contributed by atoms with Crippen molar-refractivity contribution in [3.63, 3.8) is 0 Å². The molecule has 0 radical (unpaired) electrons. The van der Waals surface area contributed by atoms with E-state index in [1.807, 2.05) is 0 Å². The number of nitrogens with one attached hydrogen (secondary N) is 1. The number of carboxylic acids is 1. The quantitative estimate of drug-likeness (QED) is 0.624. The number of halogens is 1. The van der Waals surface area contributed by atoms with Gasteiger partial charge in [-0.1, -0.05) is 12.1 Å². The van der Waals surface area contributed by atoms with Crippen molar-refractivity contribution in [1.29, 1.82) is 0 Å². The van der Waals surface area contributed by atoms with Crippen LogP contribution in [0.3, 0.4) is 0 Å². The summed E-state index contributed by atoms with van der Waals surface area (Å²) in [5, 5.41) is 21.0. The molecular weight excluding hydrogens is 345 g/mol. The smallest absolute Gasteiger partial charge is 0.322 e. The summed E-state index contributed by atoms with van der Waals surface area (Å²) in [5.41, 5.74) is -0.752. The lowest BCUT2D eigenvalue weighted by molar-refractivity contribution is -0.135. The number of rotatable bonds is 5. The second-order valence-electron chi connectivity index (χ2n) is 5.53. The van der Waals surface area contributed by atoms with E-state index in [1.54, 1.807) is 12.1 Å². The van der Waals surface area contributed by atoms with Crippen molar-refractivity contribution in [1.82, 2.24) is 14.5 Å². The maximum absolute atomic E-state index is 13.4. The summed E-state index contributed by atoms with van der Waals surface area (Å²) in [5.74, 6) is -3.33. The predicted octanol–water partition coefficient (Wildman–Crippen LogP) is 0.808. The van der Waals surface area contributed by atoms with Gasteiger partial charge in [-0.3, -0.25) is 18.9 Å². The number of aromatic hydroxyl groups is 1. The van der Waals surface area contributed by atoms with Crippen LogP contribution in [0, 0.1) is 5.82 Å². The van der Waals surface area contributed by atoms with Crippen LogP contribution in [-0.4, -0.2) is 37.8 Å². The van der Waals surface area contributed by atoms with Crippen molar-refractivity contribution in [2.24, 2.45) is 0 Å². The molecular formula is C17H14FN3O5. The Hall–Kier alpha value is -3.62. The molecule has 26 heavy (non-hydrogen) atoms. The van der Waals surface area contributed by atoms with Gasteiger partial charge in [0.2, 0.25) is 0 Å². The van der Waals surface area contributed by atoms with Crippen LogP contribution in [0.25, 0.3) is 5.52 Å². The molecule has 3 rings (SSSR count). The molecule has 0 unspecified atom stereocenters. The first kappa shape index (κ1) is 17.2. The fraction of sp³-hybridized carbons (Fsp3) is 0.118. The number of carboxylic acid groups (broad SMARTS) is 1. The minimum atomic E-state index is -1.29. The Morgan fingerprint density at radius 1 is 1.19 bits per heavy atom. The number of fused-ring (bicyclic) bond motifs is 1. The highest BCUT2D eigenvalue weighted by Crippen LogP contribution is 2.21. The van der Waals surface area contributed by atoms with E-state index in [1.165, 1.54) is 35.0 Å². The zero-order valence-corrected chi connectivity index (χ0v) is 13.3. The minimum absolute atomic E-state index is 0.0543. The maximum atomic E-state index is 13.4. The van der Waals surface area contributed by atoms with E-state index < -0.39 is 41.1 Å². The lowest BCUT2D eigenvalue weighted by Gasteiger charge is -2.14. The number of aromatic nitrogens is 2. The number of hydrogen-bond donors (Lipinski definition) is 3. The molecule has 9 heteroatoms. The Morgan fingerprint density at radius 3 is 2.65 bits per heavy atom. The zero-order chi connectivity index (χ0) is 18.8. The normalized spacial score (nSPS) is 10.8. The van der Waals surface area contributed by atoms with Crippen molar-refractivity contribution < 1.29 is 24.2 Å². The van der Waals surface area contributed by atoms with Gasteiger partial charge in [-0.2, -0.15) is 0 Å². The summed E-state index contributed by atoms with van der Waals surface area (Å²) in [6, 6.07) is 8.67. The number of nitrogens with zero attached hydrogens (tertiary/aromatic N) is 2. The van der Waals surface area contributed by atoms with E-state index in [-0.39, 0.29) is 12.1 Å². The average Bonchev–Trinajstić information content (AvgIpc) is 3.07. The summed E-state index contributed by atoms with van der Waals surface area (Å²) in [4.78, 5) is 35.6. The molecule has 0 saturated heterocycles. The summed E-state index contributed by atoms with van der Waals surface area (Å²) in [7, 11) is 0. The first-order valence-electron chi connectivity index (χ1n) is 7.56. The van der Waals surface area contributed by atoms with Gasteiger partial charge in [-0.05, 0) is 29.8 Å². The van der Waals surface area contributed by atoms with Gasteiger partial charge in [0.05, 0.1) is 6.54 Å². The molecule has 2 heterocycles. The van der Waals surface area contributed by atoms with E-state index in [0.717, 1.165) is 4.68 Å². The monoisotopic (exact) mass is 359 g/mol. The van der Waals surface area contributed by atoms with Crippen molar-refractivity contribution in [3.05, 3.63) is 69.9 Å². The summed E-state index contributed by atoms with van der Waals surface area (Å²) < 4.78 is 15.9. The molecule has 0 saturated carbocycles. The van der Waals surface area contributed by atoms with E-state index in [4.69, 9.17) is 5.11 Å². The lowest BCUT2D eigenvalue weighted by atomic mass is 10.2. The lowest BCUT2D eigenvalue weighted by Crippen LogP contribution is -2.37. The Kier molecular flexibility index (Phi) is 4.44. The molecule has 3 N–H and O–H groups in total. The number of aliphatic carboxylic acids is 1. The molecule has 2 aromatic heterocycles. The molecule has 0 aliphatic rings. The van der Waals surface area contributed by atoms with Gasteiger partial charge in [0.1, 0.15) is 23.4 Å². The van der Waals surface area contributed by atoms with Crippen LogP contribution in [0.15, 0.2) is 47.4 Å². The Balaban J connectivity index is 2.13. The molecule has 1 aromatic carbocycles. The molecule has 0 aliphatic carbocycles. The van der Waals surface area contributed by atoms with Gasteiger partial charge >= 0.3 is 5.97 Å². The third-order valence-electron chi connectivity index (χ3n) is 3.76. The molecule has 3 aromatic rings. The fourth-order valence-electron chi connectivity index (χ4n) is 2.63. The van der Waals surface area contributed by atoms with Crippen LogP contribution in [0.5, 0.6) is 5.75 Å². The van der Waals surface area contributed by atoms with Crippen LogP contribution >= 0.6 is 0 Å². The zero-order valence-electron chi connectivity index (χ0n) is 13.3. The van der Waals surface area contributed by atoms with Crippen molar-refractivity contribution >= 4 is 17.4 Å². The predicted molar refractivity (Wildman–Crippen MR) is 88.8 cm³/mol. The van der Waals surface area contributed by atoms with Gasteiger partial charge in [-0.25, -0.2) is 9.07 Å². The van der Waals surface area contributed by atoms with Gasteiger partial charge in [0.15, 0.2) is 5.75 Å². The molecule has 8 nitrogen and oxygen atoms in total. The first-order chi connectivity index (χ1) is 12.4. The van der Waals surface area contributed by atoms with Crippen molar-refractivity contribution in [2.45, 2.75) is 6.54 Å². The highest BCUT2D eigenvalue weighted by molar-refractivity contribution is 5.99. The van der Waals surface area contributed by atoms with Crippen molar-refractivity contribution in [3.8, 4) is 5.75 Å².